The third-order valence-electron chi connectivity index (χ3n) is 1.92. The molecular formula is C7H16N2. The molecule has 0 spiro atoms. The molecule has 0 saturated carbocycles. The van der Waals surface area contributed by atoms with Crippen molar-refractivity contribution in [3.05, 3.63) is 0 Å². The van der Waals surface area contributed by atoms with Crippen molar-refractivity contribution in [1.29, 1.82) is 0 Å². The zero-order chi connectivity index (χ0) is 6.69. The van der Waals surface area contributed by atoms with Gasteiger partial charge < -0.3 is 10.6 Å². The zero-order valence-corrected chi connectivity index (χ0v) is 6.28. The molecule has 9 heavy (non-hydrogen) atoms. The maximum Gasteiger partial charge on any atom is 0.0195 e. The molecule has 1 heterocycles. The highest BCUT2D eigenvalue weighted by Crippen LogP contribution is 2.09. The van der Waals surface area contributed by atoms with Crippen molar-refractivity contribution in [3.63, 3.8) is 0 Å². The van der Waals surface area contributed by atoms with Gasteiger partial charge in [0.2, 0.25) is 0 Å². The van der Waals surface area contributed by atoms with E-state index in [0.717, 1.165) is 18.6 Å². The lowest BCUT2D eigenvalue weighted by atomic mass is 10.2. The Balaban J connectivity index is 2.14. The highest BCUT2D eigenvalue weighted by Gasteiger charge is 2.18. The van der Waals surface area contributed by atoms with Gasteiger partial charge in [0.1, 0.15) is 0 Å². The molecule has 0 unspecified atom stereocenters. The summed E-state index contributed by atoms with van der Waals surface area (Å²) in [7, 11) is 2.00. The molecule has 1 aliphatic rings. The maximum atomic E-state index is 3.49. The summed E-state index contributed by atoms with van der Waals surface area (Å²) in [6.45, 7) is 3.36. The molecule has 1 saturated heterocycles. The number of nitrogens with one attached hydrogen (secondary N) is 2. The molecule has 2 heteroatoms. The standard InChI is InChI=1S/C7H16N2/c1-6-3-4-7(9-6)5-8-2/h6-9H,3-5H2,1-2H3/t6-,7-/m0/s1. The van der Waals surface area contributed by atoms with Crippen LogP contribution in [0.5, 0.6) is 0 Å². The molecule has 2 N–H and O–H groups in total. The predicted octanol–water partition coefficient (Wildman–Crippen LogP) is 0.346. The fourth-order valence-electron chi connectivity index (χ4n) is 1.43. The lowest BCUT2D eigenvalue weighted by Crippen LogP contribution is -2.34. The van der Waals surface area contributed by atoms with E-state index in [2.05, 4.69) is 17.6 Å². The van der Waals surface area contributed by atoms with E-state index in [1.54, 1.807) is 0 Å². The molecule has 0 aromatic heterocycles. The van der Waals surface area contributed by atoms with E-state index in [9.17, 15) is 0 Å². The van der Waals surface area contributed by atoms with Gasteiger partial charge in [-0.15, -0.1) is 0 Å². The third kappa shape index (κ3) is 1.95. The zero-order valence-electron chi connectivity index (χ0n) is 6.28. The molecule has 1 fully saturated rings. The molecule has 0 aromatic carbocycles. The van der Waals surface area contributed by atoms with Crippen molar-refractivity contribution in [2.75, 3.05) is 13.6 Å². The van der Waals surface area contributed by atoms with Gasteiger partial charge in [-0.2, -0.15) is 0 Å². The summed E-state index contributed by atoms with van der Waals surface area (Å²) in [5, 5.41) is 6.66. The highest BCUT2D eigenvalue weighted by atomic mass is 15.0. The van der Waals surface area contributed by atoms with Crippen molar-refractivity contribution in [1.82, 2.24) is 10.6 Å². The van der Waals surface area contributed by atoms with Crippen LogP contribution < -0.4 is 10.6 Å². The lowest BCUT2D eigenvalue weighted by molar-refractivity contribution is 0.536. The van der Waals surface area contributed by atoms with Gasteiger partial charge in [-0.25, -0.2) is 0 Å². The van der Waals surface area contributed by atoms with Gasteiger partial charge >= 0.3 is 0 Å². The van der Waals surface area contributed by atoms with E-state index >= 15 is 0 Å². The monoisotopic (exact) mass is 128 g/mol. The van der Waals surface area contributed by atoms with Crippen LogP contribution in [0.1, 0.15) is 19.8 Å². The van der Waals surface area contributed by atoms with Crippen LogP contribution in [-0.4, -0.2) is 25.7 Å². The molecule has 0 aliphatic carbocycles. The van der Waals surface area contributed by atoms with E-state index in [4.69, 9.17) is 0 Å². The van der Waals surface area contributed by atoms with E-state index in [0.29, 0.717) is 0 Å². The molecule has 54 valence electrons. The Hall–Kier alpha value is -0.0800. The summed E-state index contributed by atoms with van der Waals surface area (Å²) in [6, 6.07) is 1.47. The number of hydrogen-bond acceptors (Lipinski definition) is 2. The van der Waals surface area contributed by atoms with Crippen molar-refractivity contribution >= 4 is 0 Å². The predicted molar refractivity (Wildman–Crippen MR) is 39.5 cm³/mol. The van der Waals surface area contributed by atoms with Crippen LogP contribution in [0.3, 0.4) is 0 Å². The fraction of sp³-hybridized carbons (Fsp3) is 1.00. The molecular weight excluding hydrogens is 112 g/mol. The van der Waals surface area contributed by atoms with Crippen molar-refractivity contribution in [2.24, 2.45) is 0 Å². The Labute approximate surface area is 57.0 Å². The largest absolute Gasteiger partial charge is 0.318 e. The first-order valence-corrected chi connectivity index (χ1v) is 3.73. The number of hydrogen-bond donors (Lipinski definition) is 2. The lowest BCUT2D eigenvalue weighted by Gasteiger charge is -2.09. The topological polar surface area (TPSA) is 24.1 Å². The van der Waals surface area contributed by atoms with Gasteiger partial charge in [-0.05, 0) is 26.8 Å². The van der Waals surface area contributed by atoms with Crippen molar-refractivity contribution in [2.45, 2.75) is 31.8 Å². The molecule has 1 rings (SSSR count). The van der Waals surface area contributed by atoms with Crippen LogP contribution in [0.2, 0.25) is 0 Å². The molecule has 0 aromatic rings. The van der Waals surface area contributed by atoms with Crippen LogP contribution >= 0.6 is 0 Å². The highest BCUT2D eigenvalue weighted by molar-refractivity contribution is 4.81. The first-order valence-electron chi connectivity index (χ1n) is 3.73. The van der Waals surface area contributed by atoms with Crippen molar-refractivity contribution in [3.8, 4) is 0 Å². The summed E-state index contributed by atoms with van der Waals surface area (Å²) in [4.78, 5) is 0. The average Bonchev–Trinajstić information content (AvgIpc) is 2.17. The summed E-state index contributed by atoms with van der Waals surface area (Å²) < 4.78 is 0. The second-order valence-corrected chi connectivity index (χ2v) is 2.90. The quantitative estimate of drug-likeness (QED) is 0.560. The Morgan fingerprint density at radius 1 is 1.56 bits per heavy atom. The third-order valence-corrected chi connectivity index (χ3v) is 1.92. The molecule has 2 nitrogen and oxygen atoms in total. The van der Waals surface area contributed by atoms with Crippen molar-refractivity contribution < 1.29 is 0 Å². The summed E-state index contributed by atoms with van der Waals surface area (Å²) in [5.74, 6) is 0. The number of rotatable bonds is 2. The fourth-order valence-corrected chi connectivity index (χ4v) is 1.43. The number of likely N-dealkylation sites (N-methyl/N-ethyl adjacent to an activating group) is 1. The van der Waals surface area contributed by atoms with Gasteiger partial charge in [0.25, 0.3) is 0 Å². The minimum atomic E-state index is 0.727. The van der Waals surface area contributed by atoms with E-state index in [-0.39, 0.29) is 0 Å². The molecule has 0 radical (unpaired) electrons. The van der Waals surface area contributed by atoms with Gasteiger partial charge in [-0.3, -0.25) is 0 Å². The van der Waals surface area contributed by atoms with Gasteiger partial charge in [0, 0.05) is 18.6 Å². The van der Waals surface area contributed by atoms with Gasteiger partial charge in [0.15, 0.2) is 0 Å². The van der Waals surface area contributed by atoms with Crippen LogP contribution in [-0.2, 0) is 0 Å². The minimum Gasteiger partial charge on any atom is -0.318 e. The average molecular weight is 128 g/mol. The molecule has 0 bridgehead atoms. The normalized spacial score (nSPS) is 35.3. The molecule has 2 atom stereocenters. The van der Waals surface area contributed by atoms with Crippen LogP contribution in [0.25, 0.3) is 0 Å². The SMILES string of the molecule is CNC[C@@H]1CC[C@H](C)N1. The van der Waals surface area contributed by atoms with E-state index < -0.39 is 0 Å². The Morgan fingerprint density at radius 3 is 2.78 bits per heavy atom. The Bertz CT molecular complexity index is 81.0. The Kier molecular flexibility index (Phi) is 2.49. The maximum absolute atomic E-state index is 3.49. The van der Waals surface area contributed by atoms with Gasteiger partial charge in [-0.1, -0.05) is 0 Å². The Morgan fingerprint density at radius 2 is 2.33 bits per heavy atom. The first kappa shape index (κ1) is 7.03. The minimum absolute atomic E-state index is 0.727. The first-order chi connectivity index (χ1) is 4.33. The van der Waals surface area contributed by atoms with E-state index in [1.807, 2.05) is 7.05 Å². The van der Waals surface area contributed by atoms with Crippen LogP contribution in [0.15, 0.2) is 0 Å². The second kappa shape index (κ2) is 3.18. The van der Waals surface area contributed by atoms with E-state index in [1.165, 1.54) is 12.8 Å². The molecule has 0 amide bonds. The van der Waals surface area contributed by atoms with Gasteiger partial charge in [0.05, 0.1) is 0 Å². The summed E-state index contributed by atoms with van der Waals surface area (Å²) in [6.07, 6.45) is 2.67. The van der Waals surface area contributed by atoms with Crippen LogP contribution in [0.4, 0.5) is 0 Å². The molecule has 1 aliphatic heterocycles. The smallest absolute Gasteiger partial charge is 0.0195 e. The summed E-state index contributed by atoms with van der Waals surface area (Å²) in [5.41, 5.74) is 0. The summed E-state index contributed by atoms with van der Waals surface area (Å²) >= 11 is 0. The van der Waals surface area contributed by atoms with Crippen LogP contribution in [0, 0.1) is 0 Å². The second-order valence-electron chi connectivity index (χ2n) is 2.90.